The van der Waals surface area contributed by atoms with E-state index in [0.29, 0.717) is 24.1 Å². The maximum Gasteiger partial charge on any atom is 0.234 e. The fraction of sp³-hybridized carbons (Fsp3) is 0.273. The molecule has 0 saturated carbocycles. The molecule has 1 amide bonds. The SMILES string of the molecule is CCN1C(=O)[C@@H]2COc3c(c(C)nn3-c3ccc(Cl)cc3)[C@@H]2c2ccccc21. The molecule has 3 heterocycles. The predicted molar refractivity (Wildman–Crippen MR) is 109 cm³/mol. The highest BCUT2D eigenvalue weighted by Gasteiger charge is 2.46. The van der Waals surface area contributed by atoms with Gasteiger partial charge in [-0.15, -0.1) is 0 Å². The van der Waals surface area contributed by atoms with Crippen LogP contribution < -0.4 is 9.64 Å². The molecule has 0 spiro atoms. The van der Waals surface area contributed by atoms with Gasteiger partial charge in [-0.05, 0) is 49.7 Å². The molecule has 0 unspecified atom stereocenters. The molecule has 2 aromatic carbocycles. The average molecular weight is 394 g/mol. The highest BCUT2D eigenvalue weighted by Crippen LogP contribution is 2.50. The zero-order valence-corrected chi connectivity index (χ0v) is 16.5. The summed E-state index contributed by atoms with van der Waals surface area (Å²) in [6, 6.07) is 15.7. The second-order valence-electron chi connectivity index (χ2n) is 7.23. The maximum absolute atomic E-state index is 13.2. The summed E-state index contributed by atoms with van der Waals surface area (Å²) < 4.78 is 7.94. The lowest BCUT2D eigenvalue weighted by molar-refractivity contribution is -0.124. The third-order valence-corrected chi connectivity index (χ3v) is 5.96. The zero-order valence-electron chi connectivity index (χ0n) is 15.7. The molecule has 2 aliphatic heterocycles. The van der Waals surface area contributed by atoms with Crippen molar-refractivity contribution < 1.29 is 9.53 Å². The number of halogens is 1. The van der Waals surface area contributed by atoms with E-state index in [0.717, 1.165) is 28.2 Å². The van der Waals surface area contributed by atoms with Crippen LogP contribution in [0.2, 0.25) is 5.02 Å². The number of hydrogen-bond acceptors (Lipinski definition) is 3. The Morgan fingerprint density at radius 1 is 1.18 bits per heavy atom. The van der Waals surface area contributed by atoms with Crippen LogP contribution in [0, 0.1) is 12.8 Å². The molecule has 2 aliphatic rings. The Kier molecular flexibility index (Phi) is 3.95. The standard InChI is InChI=1S/C22H20ClN3O2/c1-3-25-18-7-5-4-6-16(18)20-17(21(25)27)12-28-22-19(20)13(2)24-26(22)15-10-8-14(23)9-11-15/h4-11,17,20H,3,12H2,1-2H3/t17-,20-/m1/s1. The first-order chi connectivity index (χ1) is 13.6. The van der Waals surface area contributed by atoms with Gasteiger partial charge in [0.1, 0.15) is 6.61 Å². The number of para-hydroxylation sites is 1. The van der Waals surface area contributed by atoms with Crippen LogP contribution in [-0.4, -0.2) is 28.8 Å². The summed E-state index contributed by atoms with van der Waals surface area (Å²) in [6.07, 6.45) is 0. The van der Waals surface area contributed by atoms with Crippen molar-refractivity contribution in [3.63, 3.8) is 0 Å². The summed E-state index contributed by atoms with van der Waals surface area (Å²) in [5.41, 5.74) is 4.92. The van der Waals surface area contributed by atoms with Gasteiger partial charge in [-0.25, -0.2) is 4.68 Å². The first-order valence-corrected chi connectivity index (χ1v) is 9.86. The Labute approximate surface area is 168 Å². The Morgan fingerprint density at radius 3 is 2.68 bits per heavy atom. The largest absolute Gasteiger partial charge is 0.476 e. The second kappa shape index (κ2) is 6.38. The van der Waals surface area contributed by atoms with Crippen LogP contribution in [0.3, 0.4) is 0 Å². The lowest BCUT2D eigenvalue weighted by Gasteiger charge is -2.41. The molecular weight excluding hydrogens is 374 g/mol. The molecule has 2 atom stereocenters. The van der Waals surface area contributed by atoms with Gasteiger partial charge in [0, 0.05) is 28.7 Å². The minimum atomic E-state index is -0.232. The summed E-state index contributed by atoms with van der Waals surface area (Å²) in [5, 5.41) is 5.42. The van der Waals surface area contributed by atoms with Crippen molar-refractivity contribution in [1.82, 2.24) is 9.78 Å². The third kappa shape index (κ3) is 2.39. The van der Waals surface area contributed by atoms with Crippen LogP contribution >= 0.6 is 11.6 Å². The molecule has 0 bridgehead atoms. The first-order valence-electron chi connectivity index (χ1n) is 9.48. The van der Waals surface area contributed by atoms with Crippen LogP contribution in [-0.2, 0) is 4.79 Å². The number of carbonyl (C=O) groups excluding carboxylic acids is 1. The average Bonchev–Trinajstić information content (AvgIpc) is 3.05. The Hall–Kier alpha value is -2.79. The molecular formula is C22H20ClN3O2. The van der Waals surface area contributed by atoms with Gasteiger partial charge in [-0.2, -0.15) is 5.10 Å². The van der Waals surface area contributed by atoms with E-state index >= 15 is 0 Å². The minimum Gasteiger partial charge on any atom is -0.476 e. The number of carbonyl (C=O) groups is 1. The molecule has 3 aromatic rings. The number of aryl methyl sites for hydroxylation is 1. The van der Waals surface area contributed by atoms with Gasteiger partial charge in [0.05, 0.1) is 17.3 Å². The van der Waals surface area contributed by atoms with E-state index in [1.807, 2.05) is 65.9 Å². The third-order valence-electron chi connectivity index (χ3n) is 5.71. The fourth-order valence-corrected chi connectivity index (χ4v) is 4.59. The van der Waals surface area contributed by atoms with Crippen molar-refractivity contribution in [2.24, 2.45) is 5.92 Å². The van der Waals surface area contributed by atoms with Crippen molar-refractivity contribution in [2.45, 2.75) is 19.8 Å². The highest BCUT2D eigenvalue weighted by atomic mass is 35.5. The molecule has 6 heteroatoms. The van der Waals surface area contributed by atoms with E-state index in [1.54, 1.807) is 0 Å². The summed E-state index contributed by atoms with van der Waals surface area (Å²) in [4.78, 5) is 15.1. The number of amides is 1. The van der Waals surface area contributed by atoms with Gasteiger partial charge >= 0.3 is 0 Å². The number of aromatic nitrogens is 2. The molecule has 5 nitrogen and oxygen atoms in total. The predicted octanol–water partition coefficient (Wildman–Crippen LogP) is 4.34. The summed E-state index contributed by atoms with van der Waals surface area (Å²) in [6.45, 7) is 4.99. The first kappa shape index (κ1) is 17.3. The van der Waals surface area contributed by atoms with Gasteiger partial charge in [0.2, 0.25) is 11.8 Å². The number of hydrogen-bond donors (Lipinski definition) is 0. The van der Waals surface area contributed by atoms with Crippen LogP contribution in [0.15, 0.2) is 48.5 Å². The lowest BCUT2D eigenvalue weighted by Crippen LogP contribution is -2.47. The Balaban J connectivity index is 1.71. The number of fused-ring (bicyclic) bond motifs is 5. The molecule has 1 aromatic heterocycles. The normalized spacial score (nSPS) is 20.2. The Morgan fingerprint density at radius 2 is 1.93 bits per heavy atom. The summed E-state index contributed by atoms with van der Waals surface area (Å²) >= 11 is 6.04. The van der Waals surface area contributed by atoms with E-state index in [2.05, 4.69) is 6.07 Å². The van der Waals surface area contributed by atoms with Crippen LogP contribution in [0.1, 0.15) is 29.7 Å². The zero-order chi connectivity index (χ0) is 19.4. The van der Waals surface area contributed by atoms with Crippen LogP contribution in [0.25, 0.3) is 5.69 Å². The molecule has 0 saturated heterocycles. The lowest BCUT2D eigenvalue weighted by atomic mass is 9.75. The number of ether oxygens (including phenoxy) is 1. The van der Waals surface area contributed by atoms with E-state index in [4.69, 9.17) is 21.4 Å². The number of nitrogens with zero attached hydrogens (tertiary/aromatic N) is 3. The smallest absolute Gasteiger partial charge is 0.234 e. The van der Waals surface area contributed by atoms with Crippen molar-refractivity contribution in [3.8, 4) is 11.6 Å². The van der Waals surface area contributed by atoms with Crippen molar-refractivity contribution >= 4 is 23.2 Å². The molecule has 28 heavy (non-hydrogen) atoms. The van der Waals surface area contributed by atoms with Gasteiger partial charge < -0.3 is 9.64 Å². The highest BCUT2D eigenvalue weighted by molar-refractivity contribution is 6.30. The molecule has 0 aliphatic carbocycles. The molecule has 0 radical (unpaired) electrons. The monoisotopic (exact) mass is 393 g/mol. The van der Waals surface area contributed by atoms with Gasteiger partial charge in [0.25, 0.3) is 0 Å². The molecule has 142 valence electrons. The fourth-order valence-electron chi connectivity index (χ4n) is 4.47. The van der Waals surface area contributed by atoms with E-state index in [-0.39, 0.29) is 17.7 Å². The molecule has 0 N–H and O–H groups in total. The number of benzene rings is 2. The molecule has 5 rings (SSSR count). The maximum atomic E-state index is 13.2. The summed E-state index contributed by atoms with van der Waals surface area (Å²) in [7, 11) is 0. The number of rotatable bonds is 2. The van der Waals surface area contributed by atoms with Crippen LogP contribution in [0.4, 0.5) is 5.69 Å². The van der Waals surface area contributed by atoms with Crippen molar-refractivity contribution in [3.05, 3.63) is 70.4 Å². The van der Waals surface area contributed by atoms with Gasteiger partial charge in [0.15, 0.2) is 0 Å². The minimum absolute atomic E-state index is 0.0451. The summed E-state index contributed by atoms with van der Waals surface area (Å²) in [5.74, 6) is 0.560. The topological polar surface area (TPSA) is 47.4 Å². The van der Waals surface area contributed by atoms with Crippen molar-refractivity contribution in [1.29, 1.82) is 0 Å². The Bertz CT molecular complexity index is 1070. The molecule has 0 fully saturated rings. The van der Waals surface area contributed by atoms with Gasteiger partial charge in [-0.3, -0.25) is 4.79 Å². The second-order valence-corrected chi connectivity index (χ2v) is 7.67. The van der Waals surface area contributed by atoms with Crippen LogP contribution in [0.5, 0.6) is 5.88 Å². The van der Waals surface area contributed by atoms with E-state index in [1.165, 1.54) is 0 Å². The number of anilines is 1. The van der Waals surface area contributed by atoms with E-state index < -0.39 is 0 Å². The van der Waals surface area contributed by atoms with Gasteiger partial charge in [-0.1, -0.05) is 29.8 Å². The van der Waals surface area contributed by atoms with E-state index in [9.17, 15) is 4.79 Å². The quantitative estimate of drug-likeness (QED) is 0.650. The van der Waals surface area contributed by atoms with Crippen molar-refractivity contribution in [2.75, 3.05) is 18.1 Å².